The van der Waals surface area contributed by atoms with Gasteiger partial charge in [-0.2, -0.15) is 0 Å². The fraction of sp³-hybridized carbons (Fsp3) is 0.556. The van der Waals surface area contributed by atoms with Crippen molar-refractivity contribution in [1.29, 1.82) is 0 Å². The maximum atomic E-state index is 12.1. The van der Waals surface area contributed by atoms with Gasteiger partial charge in [-0.05, 0) is 43.4 Å². The Morgan fingerprint density at radius 2 is 1.92 bits per heavy atom. The second-order valence-corrected chi connectivity index (χ2v) is 6.45. The van der Waals surface area contributed by atoms with Gasteiger partial charge < -0.3 is 9.47 Å². The highest BCUT2D eigenvalue weighted by Gasteiger charge is 2.38. The molecule has 1 aromatic carbocycles. The van der Waals surface area contributed by atoms with Gasteiger partial charge >= 0.3 is 0 Å². The third kappa shape index (κ3) is 3.11. The van der Waals surface area contributed by atoms with Crippen LogP contribution in [0.2, 0.25) is 0 Å². The number of hydrogen-bond acceptors (Lipinski definition) is 5. The average Bonchev–Trinajstić information content (AvgIpc) is 3.15. The normalized spacial score (nSPS) is 22.2. The zero-order chi connectivity index (χ0) is 17.3. The zero-order valence-electron chi connectivity index (χ0n) is 14.4. The Morgan fingerprint density at radius 3 is 2.50 bits per heavy atom. The Kier molecular flexibility index (Phi) is 4.76. The van der Waals surface area contributed by atoms with Crippen molar-refractivity contribution < 1.29 is 19.1 Å². The lowest BCUT2D eigenvalue weighted by atomic mass is 10.0. The molecular weight excluding hydrogens is 308 g/mol. The maximum Gasteiger partial charge on any atom is 0.245 e. The lowest BCUT2D eigenvalue weighted by molar-refractivity contribution is -0.153. The smallest absolute Gasteiger partial charge is 0.245 e. The number of rotatable bonds is 4. The molecule has 3 rings (SSSR count). The molecule has 1 aliphatic carbocycles. The third-order valence-electron chi connectivity index (χ3n) is 4.84. The van der Waals surface area contributed by atoms with Crippen molar-refractivity contribution in [2.75, 3.05) is 14.2 Å². The van der Waals surface area contributed by atoms with Gasteiger partial charge in [0.05, 0.1) is 25.7 Å². The van der Waals surface area contributed by atoms with Gasteiger partial charge in [-0.25, -0.2) is 10.0 Å². The number of imide groups is 1. The first-order valence-electron chi connectivity index (χ1n) is 8.42. The highest BCUT2D eigenvalue weighted by atomic mass is 16.5. The van der Waals surface area contributed by atoms with Crippen LogP contribution >= 0.6 is 0 Å². The molecule has 0 bridgehead atoms. The topological polar surface area (TPSA) is 59.1 Å². The van der Waals surface area contributed by atoms with Crippen LogP contribution in [0.15, 0.2) is 18.2 Å². The van der Waals surface area contributed by atoms with Crippen LogP contribution < -0.4 is 9.47 Å². The third-order valence-corrected chi connectivity index (χ3v) is 4.84. The quantitative estimate of drug-likeness (QED) is 0.848. The molecule has 2 aliphatic rings. The van der Waals surface area contributed by atoms with E-state index in [9.17, 15) is 9.59 Å². The predicted molar refractivity (Wildman–Crippen MR) is 88.5 cm³/mol. The van der Waals surface area contributed by atoms with Gasteiger partial charge in [0.2, 0.25) is 11.8 Å². The molecule has 2 amide bonds. The van der Waals surface area contributed by atoms with Crippen LogP contribution in [0, 0.1) is 0 Å². The zero-order valence-corrected chi connectivity index (χ0v) is 14.4. The summed E-state index contributed by atoms with van der Waals surface area (Å²) in [5.74, 6) is 0.968. The number of methoxy groups -OCH3 is 1. The SMILES string of the molecule is COc1ccc(C2CC(=O)N(C(C)=O)N2C)cc1OC1CCCC1. The first-order valence-corrected chi connectivity index (χ1v) is 8.42. The van der Waals surface area contributed by atoms with E-state index in [2.05, 4.69) is 0 Å². The van der Waals surface area contributed by atoms with E-state index in [0.29, 0.717) is 11.5 Å². The molecule has 1 unspecified atom stereocenters. The average molecular weight is 332 g/mol. The van der Waals surface area contributed by atoms with Gasteiger partial charge in [0, 0.05) is 14.0 Å². The minimum atomic E-state index is -0.263. The van der Waals surface area contributed by atoms with Crippen molar-refractivity contribution in [3.8, 4) is 11.5 Å². The molecule has 1 saturated heterocycles. The van der Waals surface area contributed by atoms with Gasteiger partial charge in [-0.15, -0.1) is 0 Å². The van der Waals surface area contributed by atoms with E-state index in [1.54, 1.807) is 19.2 Å². The summed E-state index contributed by atoms with van der Waals surface area (Å²) in [6, 6.07) is 5.57. The van der Waals surface area contributed by atoms with Crippen LogP contribution in [0.25, 0.3) is 0 Å². The monoisotopic (exact) mass is 332 g/mol. The van der Waals surface area contributed by atoms with E-state index in [1.165, 1.54) is 24.8 Å². The molecule has 1 atom stereocenters. The number of carbonyl (C=O) groups is 2. The molecule has 1 heterocycles. The van der Waals surface area contributed by atoms with Crippen molar-refractivity contribution in [3.63, 3.8) is 0 Å². The summed E-state index contributed by atoms with van der Waals surface area (Å²) in [4.78, 5) is 23.8. The van der Waals surface area contributed by atoms with Crippen LogP contribution in [-0.2, 0) is 9.59 Å². The molecule has 6 heteroatoms. The van der Waals surface area contributed by atoms with E-state index in [0.717, 1.165) is 18.4 Å². The summed E-state index contributed by atoms with van der Waals surface area (Å²) in [7, 11) is 3.39. The molecule has 0 N–H and O–H groups in total. The van der Waals surface area contributed by atoms with Crippen molar-refractivity contribution in [2.24, 2.45) is 0 Å². The highest BCUT2D eigenvalue weighted by molar-refractivity contribution is 5.95. The van der Waals surface area contributed by atoms with E-state index < -0.39 is 0 Å². The van der Waals surface area contributed by atoms with Gasteiger partial charge in [-0.1, -0.05) is 6.07 Å². The Labute approximate surface area is 142 Å². The van der Waals surface area contributed by atoms with Gasteiger partial charge in [0.25, 0.3) is 0 Å². The standard InChI is InChI=1S/C18H24N2O4/c1-12(21)20-18(22)11-15(19(20)2)13-8-9-16(23-3)17(10-13)24-14-6-4-5-7-14/h8-10,14-15H,4-7,11H2,1-3H3. The number of hydrazine groups is 1. The van der Waals surface area contributed by atoms with Crippen LogP contribution in [0.4, 0.5) is 0 Å². The second kappa shape index (κ2) is 6.81. The lowest BCUT2D eigenvalue weighted by Gasteiger charge is -2.26. The van der Waals surface area contributed by atoms with E-state index in [1.807, 2.05) is 18.2 Å². The predicted octanol–water partition coefficient (Wildman–Crippen LogP) is 2.68. The molecule has 6 nitrogen and oxygen atoms in total. The van der Waals surface area contributed by atoms with Crippen LogP contribution in [0.1, 0.15) is 50.6 Å². The number of hydrogen-bond donors (Lipinski definition) is 0. The number of nitrogens with zero attached hydrogens (tertiary/aromatic N) is 2. The summed E-state index contributed by atoms with van der Waals surface area (Å²) < 4.78 is 11.5. The number of benzene rings is 1. The van der Waals surface area contributed by atoms with Crippen LogP contribution in [0.5, 0.6) is 11.5 Å². The largest absolute Gasteiger partial charge is 0.493 e. The summed E-state index contributed by atoms with van der Waals surface area (Å²) in [5.41, 5.74) is 0.948. The number of ether oxygens (including phenoxy) is 2. The lowest BCUT2D eigenvalue weighted by Crippen LogP contribution is -2.40. The second-order valence-electron chi connectivity index (χ2n) is 6.45. The molecular formula is C18H24N2O4. The fourth-order valence-corrected chi connectivity index (χ4v) is 3.61. The molecule has 24 heavy (non-hydrogen) atoms. The first kappa shape index (κ1) is 16.8. The number of carbonyl (C=O) groups excluding carboxylic acids is 2. The van der Waals surface area contributed by atoms with Crippen molar-refractivity contribution in [2.45, 2.75) is 51.2 Å². The Hall–Kier alpha value is -2.08. The Bertz CT molecular complexity index is 640. The summed E-state index contributed by atoms with van der Waals surface area (Å²) in [6.45, 7) is 1.40. The Balaban J connectivity index is 1.85. The van der Waals surface area contributed by atoms with Crippen molar-refractivity contribution in [1.82, 2.24) is 10.0 Å². The van der Waals surface area contributed by atoms with Gasteiger partial charge in [0.1, 0.15) is 0 Å². The van der Waals surface area contributed by atoms with E-state index in [-0.39, 0.29) is 30.4 Å². The Morgan fingerprint density at radius 1 is 1.21 bits per heavy atom. The molecule has 0 radical (unpaired) electrons. The summed E-state index contributed by atoms with van der Waals surface area (Å²) in [6.07, 6.45) is 5.03. The molecule has 0 spiro atoms. The summed E-state index contributed by atoms with van der Waals surface area (Å²) in [5, 5.41) is 2.90. The molecule has 1 aliphatic heterocycles. The molecule has 130 valence electrons. The van der Waals surface area contributed by atoms with Crippen LogP contribution in [0.3, 0.4) is 0 Å². The molecule has 1 aromatic rings. The van der Waals surface area contributed by atoms with E-state index in [4.69, 9.17) is 9.47 Å². The van der Waals surface area contributed by atoms with Crippen LogP contribution in [-0.4, -0.2) is 42.1 Å². The molecule has 0 aromatic heterocycles. The fourth-order valence-electron chi connectivity index (χ4n) is 3.61. The minimum absolute atomic E-state index is 0.168. The van der Waals surface area contributed by atoms with Gasteiger partial charge in [-0.3, -0.25) is 9.59 Å². The minimum Gasteiger partial charge on any atom is -0.493 e. The summed E-state index contributed by atoms with van der Waals surface area (Å²) >= 11 is 0. The highest BCUT2D eigenvalue weighted by Crippen LogP contribution is 2.38. The van der Waals surface area contributed by atoms with E-state index >= 15 is 0 Å². The molecule has 2 fully saturated rings. The van der Waals surface area contributed by atoms with Gasteiger partial charge in [0.15, 0.2) is 11.5 Å². The maximum absolute atomic E-state index is 12.1. The number of amides is 2. The van der Waals surface area contributed by atoms with Crippen molar-refractivity contribution in [3.05, 3.63) is 23.8 Å². The molecule has 1 saturated carbocycles. The first-order chi connectivity index (χ1) is 11.5. The van der Waals surface area contributed by atoms with Crippen molar-refractivity contribution >= 4 is 11.8 Å².